The standard InChI is InChI=1S/C42H62O23/c43-20-6-1-18(2-7-20)3-10-31(50)58-16-27-34(53)35(54)37(56)41(63-27)62-26-13-23-24(60-39(26)19-4-8-21(44)9-5-19)11-22(45)12-25(23)61-42-38(57)36(55)40(65-33(52)15-30(48)49)28(64-42)17-59-32(51)14-29(46)47/h3,10,18-28,34-45,53-57H,1-2,4-9,11-17H2,(H,46,47)(H,48,49)/t18?,19?,20?,21?,22?,23?,24?,25?,26?,27-,28-,34-,35-,36-,37-,38-,39?,40-,41-,42-/m0/s1. The highest BCUT2D eigenvalue weighted by Crippen LogP contribution is 2.45. The van der Waals surface area contributed by atoms with Crippen molar-refractivity contribution < 1.29 is 113 Å². The summed E-state index contributed by atoms with van der Waals surface area (Å²) in [7, 11) is 0. The molecule has 3 saturated carbocycles. The fourth-order valence-electron chi connectivity index (χ4n) is 9.70. The average molecular weight is 935 g/mol. The molecule has 0 aromatic rings. The van der Waals surface area contributed by atoms with E-state index >= 15 is 0 Å². The van der Waals surface area contributed by atoms with Crippen LogP contribution in [-0.2, 0) is 61.9 Å². The van der Waals surface area contributed by atoms with Gasteiger partial charge in [0.2, 0.25) is 0 Å². The van der Waals surface area contributed by atoms with Crippen molar-refractivity contribution in [2.24, 2.45) is 17.8 Å². The zero-order valence-electron chi connectivity index (χ0n) is 35.6. The van der Waals surface area contributed by atoms with Crippen molar-refractivity contribution in [3.05, 3.63) is 12.2 Å². The van der Waals surface area contributed by atoms with Crippen molar-refractivity contribution in [2.45, 2.75) is 188 Å². The van der Waals surface area contributed by atoms with Crippen LogP contribution in [0.5, 0.6) is 0 Å². The van der Waals surface area contributed by atoms with E-state index in [4.69, 9.17) is 48.1 Å². The second-order valence-corrected chi connectivity index (χ2v) is 18.0. The maximum atomic E-state index is 12.6. The first-order chi connectivity index (χ1) is 30.9. The molecular formula is C42H62O23. The van der Waals surface area contributed by atoms with Gasteiger partial charge in [-0.15, -0.1) is 0 Å². The Hall–Kier alpha value is -3.43. The lowest BCUT2D eigenvalue weighted by Gasteiger charge is -2.52. The summed E-state index contributed by atoms with van der Waals surface area (Å²) in [5, 5.41) is 104. The fraction of sp³-hybridized carbons (Fsp3) is 0.833. The molecule has 0 aromatic carbocycles. The van der Waals surface area contributed by atoms with E-state index in [0.29, 0.717) is 51.4 Å². The lowest BCUT2D eigenvalue weighted by atomic mass is 9.73. The summed E-state index contributed by atoms with van der Waals surface area (Å²) < 4.78 is 46.6. The molecule has 10 N–H and O–H groups in total. The number of allylic oxidation sites excluding steroid dienone is 1. The molecule has 65 heavy (non-hydrogen) atoms. The monoisotopic (exact) mass is 934 g/mol. The Morgan fingerprint density at radius 3 is 1.77 bits per heavy atom. The molecular weight excluding hydrogens is 872 g/mol. The number of carbonyl (C=O) groups is 5. The van der Waals surface area contributed by atoms with Crippen LogP contribution in [0.4, 0.5) is 0 Å². The number of fused-ring (bicyclic) bond motifs is 1. The number of rotatable bonds is 16. The highest BCUT2D eigenvalue weighted by atomic mass is 16.7. The quantitative estimate of drug-likeness (QED) is 0.0332. The summed E-state index contributed by atoms with van der Waals surface area (Å²) in [5.74, 6) is -7.18. The van der Waals surface area contributed by atoms with Gasteiger partial charge in [0, 0.05) is 18.4 Å². The highest BCUT2D eigenvalue weighted by Gasteiger charge is 2.54. The average Bonchev–Trinajstić information content (AvgIpc) is 3.25. The first kappa shape index (κ1) is 51.0. The van der Waals surface area contributed by atoms with Crippen LogP contribution in [0, 0.1) is 17.8 Å². The number of carboxylic acids is 2. The molecule has 3 heterocycles. The van der Waals surface area contributed by atoms with Crippen LogP contribution in [0.1, 0.15) is 83.5 Å². The zero-order valence-corrected chi connectivity index (χ0v) is 35.6. The molecule has 0 spiro atoms. The zero-order chi connectivity index (χ0) is 47.1. The van der Waals surface area contributed by atoms with Gasteiger partial charge in [-0.25, -0.2) is 4.79 Å². The largest absolute Gasteiger partial charge is 0.481 e. The molecule has 6 fully saturated rings. The van der Waals surface area contributed by atoms with Crippen LogP contribution in [0.2, 0.25) is 0 Å². The van der Waals surface area contributed by atoms with E-state index in [9.17, 15) is 64.8 Å². The summed E-state index contributed by atoms with van der Waals surface area (Å²) >= 11 is 0. The minimum Gasteiger partial charge on any atom is -0.481 e. The van der Waals surface area contributed by atoms with Crippen molar-refractivity contribution in [3.63, 3.8) is 0 Å². The number of hydrogen-bond acceptors (Lipinski definition) is 21. The number of ether oxygens (including phenoxy) is 8. The van der Waals surface area contributed by atoms with Crippen LogP contribution in [0.25, 0.3) is 0 Å². The SMILES string of the molecule is O=C(O)CC(=O)OC[C@@H]1O[C@H](OC2CC(O)CC3OC(C4CCC(O)CC4)C(O[C@H]4O[C@@H](COC(=O)C=CC5CCC(O)CC5)[C@H](O)[C@H](O)[C@@H]4O)CC32)[C@@H](O)[C@H](O)[C@H]1OC(=O)CC(=O)O. The molecule has 23 heteroatoms. The molecule has 0 bridgehead atoms. The molecule has 23 nitrogen and oxygen atoms in total. The molecule has 6 unspecified atom stereocenters. The van der Waals surface area contributed by atoms with Gasteiger partial charge in [-0.2, -0.15) is 0 Å². The van der Waals surface area contributed by atoms with Gasteiger partial charge in [-0.3, -0.25) is 19.2 Å². The predicted molar refractivity (Wildman–Crippen MR) is 210 cm³/mol. The van der Waals surface area contributed by atoms with E-state index in [1.54, 1.807) is 6.08 Å². The second-order valence-electron chi connectivity index (χ2n) is 18.0. The van der Waals surface area contributed by atoms with Crippen molar-refractivity contribution in [2.75, 3.05) is 13.2 Å². The third-order valence-corrected chi connectivity index (χ3v) is 13.2. The maximum absolute atomic E-state index is 12.6. The molecule has 3 saturated heterocycles. The first-order valence-corrected chi connectivity index (χ1v) is 22.2. The Bertz CT molecular complexity index is 1650. The summed E-state index contributed by atoms with van der Waals surface area (Å²) in [4.78, 5) is 59.3. The smallest absolute Gasteiger partial charge is 0.330 e. The van der Waals surface area contributed by atoms with Crippen LogP contribution in [0.3, 0.4) is 0 Å². The molecule has 6 rings (SSSR count). The van der Waals surface area contributed by atoms with Gasteiger partial charge in [0.25, 0.3) is 0 Å². The van der Waals surface area contributed by atoms with Gasteiger partial charge in [0.05, 0.1) is 42.7 Å². The highest BCUT2D eigenvalue weighted by molar-refractivity contribution is 5.90. The normalized spacial score (nSPS) is 42.3. The van der Waals surface area contributed by atoms with Crippen LogP contribution < -0.4 is 0 Å². The molecule has 3 aliphatic carbocycles. The van der Waals surface area contributed by atoms with E-state index < -0.39 is 160 Å². The number of carbonyl (C=O) groups excluding carboxylic acids is 3. The Labute approximate surface area is 373 Å². The molecule has 368 valence electrons. The van der Waals surface area contributed by atoms with E-state index in [0.717, 1.165) is 0 Å². The topological polar surface area (TPSA) is 361 Å². The summed E-state index contributed by atoms with van der Waals surface area (Å²) in [6.07, 6.45) is -17.3. The minimum absolute atomic E-state index is 0.0758. The molecule has 3 aliphatic heterocycles. The van der Waals surface area contributed by atoms with Crippen LogP contribution >= 0.6 is 0 Å². The number of aliphatic hydroxyl groups is 8. The van der Waals surface area contributed by atoms with Crippen molar-refractivity contribution in [1.29, 1.82) is 0 Å². The molecule has 16 atom stereocenters. The lowest BCUT2D eigenvalue weighted by Crippen LogP contribution is -2.63. The number of hydrogen-bond donors (Lipinski definition) is 10. The van der Waals surface area contributed by atoms with Gasteiger partial charge in [0.1, 0.15) is 68.8 Å². The Morgan fingerprint density at radius 2 is 1.12 bits per heavy atom. The maximum Gasteiger partial charge on any atom is 0.330 e. The summed E-state index contributed by atoms with van der Waals surface area (Å²) in [6, 6.07) is 0. The fourth-order valence-corrected chi connectivity index (χ4v) is 9.70. The Morgan fingerprint density at radius 1 is 0.554 bits per heavy atom. The van der Waals surface area contributed by atoms with Gasteiger partial charge < -0.3 is 89.0 Å². The van der Waals surface area contributed by atoms with E-state index in [-0.39, 0.29) is 37.2 Å². The minimum atomic E-state index is -2.02. The van der Waals surface area contributed by atoms with Gasteiger partial charge >= 0.3 is 29.8 Å². The summed E-state index contributed by atoms with van der Waals surface area (Å²) in [6.45, 7) is -1.35. The van der Waals surface area contributed by atoms with Crippen LogP contribution in [0.15, 0.2) is 12.2 Å². The molecule has 0 amide bonds. The third-order valence-electron chi connectivity index (χ3n) is 13.2. The van der Waals surface area contributed by atoms with Gasteiger partial charge in [0.15, 0.2) is 18.7 Å². The van der Waals surface area contributed by atoms with E-state index in [1.807, 2.05) is 0 Å². The lowest BCUT2D eigenvalue weighted by molar-refractivity contribution is -0.344. The van der Waals surface area contributed by atoms with Crippen molar-refractivity contribution in [3.8, 4) is 0 Å². The first-order valence-electron chi connectivity index (χ1n) is 22.2. The predicted octanol–water partition coefficient (Wildman–Crippen LogP) is -2.45. The van der Waals surface area contributed by atoms with Crippen LogP contribution in [-0.4, -0.2) is 198 Å². The van der Waals surface area contributed by atoms with Gasteiger partial charge in [-0.05, 0) is 76.0 Å². The number of carboxylic acid groups (broad SMARTS) is 2. The van der Waals surface area contributed by atoms with Crippen molar-refractivity contribution in [1.82, 2.24) is 0 Å². The Kier molecular flexibility index (Phi) is 18.1. The second kappa shape index (κ2) is 23.0. The molecule has 6 aliphatic rings. The summed E-state index contributed by atoms with van der Waals surface area (Å²) in [5.41, 5.74) is 0. The number of aliphatic hydroxyl groups excluding tert-OH is 8. The van der Waals surface area contributed by atoms with Gasteiger partial charge in [-0.1, -0.05) is 6.08 Å². The van der Waals surface area contributed by atoms with E-state index in [2.05, 4.69) is 0 Å². The van der Waals surface area contributed by atoms with E-state index in [1.165, 1.54) is 6.08 Å². The third kappa shape index (κ3) is 13.6. The Balaban J connectivity index is 1.18. The number of esters is 3. The molecule has 0 aromatic heterocycles. The molecule has 0 radical (unpaired) electrons. The van der Waals surface area contributed by atoms with Crippen molar-refractivity contribution >= 4 is 29.8 Å². The number of aliphatic carboxylic acids is 2.